The summed E-state index contributed by atoms with van der Waals surface area (Å²) in [7, 11) is 0.132. The van der Waals surface area contributed by atoms with Crippen molar-refractivity contribution in [2.24, 2.45) is 0 Å². The van der Waals surface area contributed by atoms with Gasteiger partial charge >= 0.3 is 0 Å². The van der Waals surface area contributed by atoms with Crippen LogP contribution in [0.5, 0.6) is 0 Å². The Morgan fingerprint density at radius 3 is 2.18 bits per heavy atom. The summed E-state index contributed by atoms with van der Waals surface area (Å²) in [6.07, 6.45) is -0.132. The van der Waals surface area contributed by atoms with Gasteiger partial charge in [-0.1, -0.05) is 0 Å². The SMILES string of the molecule is OC(O)(CCCc1c(F)cc(F)cc1F)O[SiH3]. The lowest BCUT2D eigenvalue weighted by Gasteiger charge is -2.19. The monoisotopic (exact) mass is 266 g/mol. The maximum absolute atomic E-state index is 13.2. The number of aliphatic hydroxyl groups is 2. The van der Waals surface area contributed by atoms with Crippen molar-refractivity contribution in [2.75, 3.05) is 0 Å². The molecule has 1 aromatic rings. The van der Waals surface area contributed by atoms with Gasteiger partial charge < -0.3 is 14.6 Å². The predicted molar refractivity (Wildman–Crippen MR) is 57.4 cm³/mol. The van der Waals surface area contributed by atoms with Crippen LogP contribution in [0.15, 0.2) is 12.1 Å². The standard InChI is InChI=1S/C10H13F3O3Si/c11-6-4-8(12)7(9(13)5-6)2-1-3-10(14,15)16-17/h4-5,14-15H,1-3H2,17H3. The summed E-state index contributed by atoms with van der Waals surface area (Å²) in [6, 6.07) is 1.18. The van der Waals surface area contributed by atoms with Gasteiger partial charge in [0.05, 0.1) is 0 Å². The first kappa shape index (κ1) is 14.2. The summed E-state index contributed by atoms with van der Waals surface area (Å²) < 4.78 is 43.4. The molecule has 0 aliphatic rings. The van der Waals surface area contributed by atoms with Crippen LogP contribution >= 0.6 is 0 Å². The minimum atomic E-state index is -2.25. The van der Waals surface area contributed by atoms with Crippen LogP contribution in [0.25, 0.3) is 0 Å². The lowest BCUT2D eigenvalue weighted by molar-refractivity contribution is -0.295. The van der Waals surface area contributed by atoms with E-state index in [2.05, 4.69) is 4.43 Å². The Balaban J connectivity index is 2.64. The molecular formula is C10H13F3O3Si. The molecule has 3 nitrogen and oxygen atoms in total. The van der Waals surface area contributed by atoms with Crippen molar-refractivity contribution >= 4 is 10.5 Å². The molecule has 0 bridgehead atoms. The van der Waals surface area contributed by atoms with Gasteiger partial charge in [-0.3, -0.25) is 0 Å². The zero-order valence-corrected chi connectivity index (χ0v) is 11.2. The molecule has 0 aliphatic carbocycles. The molecule has 0 unspecified atom stereocenters. The fourth-order valence-corrected chi connectivity index (χ4v) is 1.61. The minimum Gasteiger partial charge on any atom is -0.381 e. The lowest BCUT2D eigenvalue weighted by atomic mass is 10.1. The van der Waals surface area contributed by atoms with Crippen molar-refractivity contribution in [3.63, 3.8) is 0 Å². The third-order valence-corrected chi connectivity index (χ3v) is 3.02. The van der Waals surface area contributed by atoms with Crippen LogP contribution in [-0.4, -0.2) is 26.7 Å². The molecule has 0 amide bonds. The maximum atomic E-state index is 13.2. The highest BCUT2D eigenvalue weighted by Crippen LogP contribution is 2.19. The van der Waals surface area contributed by atoms with Gasteiger partial charge in [0.25, 0.3) is 5.97 Å². The van der Waals surface area contributed by atoms with Crippen LogP contribution in [0.2, 0.25) is 0 Å². The van der Waals surface area contributed by atoms with Crippen molar-refractivity contribution in [1.82, 2.24) is 0 Å². The van der Waals surface area contributed by atoms with Crippen LogP contribution in [0.4, 0.5) is 13.2 Å². The highest BCUT2D eigenvalue weighted by Gasteiger charge is 2.21. The molecule has 1 aromatic carbocycles. The van der Waals surface area contributed by atoms with Gasteiger partial charge in [-0.25, -0.2) is 13.2 Å². The van der Waals surface area contributed by atoms with E-state index < -0.39 is 23.4 Å². The molecule has 0 saturated carbocycles. The van der Waals surface area contributed by atoms with E-state index in [1.54, 1.807) is 0 Å². The van der Waals surface area contributed by atoms with Gasteiger partial charge in [-0.15, -0.1) is 0 Å². The third kappa shape index (κ3) is 4.12. The summed E-state index contributed by atoms with van der Waals surface area (Å²) in [5.41, 5.74) is -0.268. The van der Waals surface area contributed by atoms with Crippen molar-refractivity contribution < 1.29 is 27.8 Å². The molecule has 0 aliphatic heterocycles. The van der Waals surface area contributed by atoms with E-state index in [-0.39, 0.29) is 35.3 Å². The van der Waals surface area contributed by atoms with Crippen LogP contribution in [-0.2, 0) is 10.8 Å². The second kappa shape index (κ2) is 5.63. The fourth-order valence-electron chi connectivity index (χ4n) is 1.41. The van der Waals surface area contributed by atoms with Crippen molar-refractivity contribution in [3.05, 3.63) is 35.1 Å². The van der Waals surface area contributed by atoms with E-state index in [0.29, 0.717) is 12.1 Å². The molecule has 96 valence electrons. The van der Waals surface area contributed by atoms with Gasteiger partial charge in [0.1, 0.15) is 17.5 Å². The minimum absolute atomic E-state index is 0.0638. The van der Waals surface area contributed by atoms with Crippen molar-refractivity contribution in [3.8, 4) is 0 Å². The first-order chi connectivity index (χ1) is 7.85. The van der Waals surface area contributed by atoms with Gasteiger partial charge in [-0.2, -0.15) is 0 Å². The topological polar surface area (TPSA) is 49.7 Å². The molecule has 0 aromatic heterocycles. The molecule has 0 radical (unpaired) electrons. The molecule has 17 heavy (non-hydrogen) atoms. The molecule has 0 spiro atoms. The Morgan fingerprint density at radius 1 is 1.18 bits per heavy atom. The third-order valence-electron chi connectivity index (χ3n) is 2.36. The van der Waals surface area contributed by atoms with Crippen LogP contribution in [0.1, 0.15) is 18.4 Å². The fraction of sp³-hybridized carbons (Fsp3) is 0.400. The zero-order chi connectivity index (χ0) is 13.1. The normalized spacial score (nSPS) is 12.1. The highest BCUT2D eigenvalue weighted by molar-refractivity contribution is 5.98. The summed E-state index contributed by atoms with van der Waals surface area (Å²) in [5.74, 6) is -5.18. The number of hydrogen-bond acceptors (Lipinski definition) is 3. The van der Waals surface area contributed by atoms with Crippen molar-refractivity contribution in [1.29, 1.82) is 0 Å². The number of benzene rings is 1. The average Bonchev–Trinajstić information content (AvgIpc) is 2.22. The summed E-state index contributed by atoms with van der Waals surface area (Å²) in [4.78, 5) is 0. The summed E-state index contributed by atoms with van der Waals surface area (Å²) in [5, 5.41) is 18.2. The quantitative estimate of drug-likeness (QED) is 0.598. The smallest absolute Gasteiger partial charge is 0.267 e. The maximum Gasteiger partial charge on any atom is 0.267 e. The predicted octanol–water partition coefficient (Wildman–Crippen LogP) is 0.362. The highest BCUT2D eigenvalue weighted by atomic mass is 28.2. The van der Waals surface area contributed by atoms with E-state index in [0.717, 1.165) is 0 Å². The zero-order valence-electron chi connectivity index (χ0n) is 9.21. The summed E-state index contributed by atoms with van der Waals surface area (Å²) in [6.45, 7) is 0. The Kier molecular flexibility index (Phi) is 4.69. The Hall–Kier alpha value is -0.893. The second-order valence-electron chi connectivity index (χ2n) is 3.65. The van der Waals surface area contributed by atoms with E-state index in [1.165, 1.54) is 0 Å². The Morgan fingerprint density at radius 2 is 1.71 bits per heavy atom. The average molecular weight is 266 g/mol. The largest absolute Gasteiger partial charge is 0.381 e. The number of rotatable bonds is 5. The molecule has 7 heteroatoms. The van der Waals surface area contributed by atoms with Crippen LogP contribution in [0.3, 0.4) is 0 Å². The van der Waals surface area contributed by atoms with Gasteiger partial charge in [0, 0.05) is 24.1 Å². The first-order valence-corrected chi connectivity index (χ1v) is 5.80. The molecule has 0 fully saturated rings. The molecule has 0 atom stereocenters. The lowest BCUT2D eigenvalue weighted by Crippen LogP contribution is -2.30. The van der Waals surface area contributed by atoms with E-state index in [4.69, 9.17) is 10.2 Å². The molecule has 1 rings (SSSR count). The number of hydrogen-bond donors (Lipinski definition) is 2. The first-order valence-electron chi connectivity index (χ1n) is 4.99. The summed E-state index contributed by atoms with van der Waals surface area (Å²) >= 11 is 0. The Bertz CT molecular complexity index is 375. The van der Waals surface area contributed by atoms with Crippen LogP contribution in [0, 0.1) is 17.5 Å². The molecular weight excluding hydrogens is 253 g/mol. The van der Waals surface area contributed by atoms with Crippen molar-refractivity contribution in [2.45, 2.75) is 25.2 Å². The second-order valence-corrected chi connectivity index (χ2v) is 4.06. The molecule has 0 heterocycles. The van der Waals surface area contributed by atoms with Gasteiger partial charge in [0.2, 0.25) is 0 Å². The van der Waals surface area contributed by atoms with Gasteiger partial charge in [0.15, 0.2) is 10.5 Å². The number of halogens is 3. The molecule has 2 N–H and O–H groups in total. The van der Waals surface area contributed by atoms with E-state index in [1.807, 2.05) is 0 Å². The van der Waals surface area contributed by atoms with Crippen LogP contribution < -0.4 is 0 Å². The molecule has 0 saturated heterocycles. The van der Waals surface area contributed by atoms with Gasteiger partial charge in [-0.05, 0) is 12.8 Å². The van der Waals surface area contributed by atoms with E-state index >= 15 is 0 Å². The van der Waals surface area contributed by atoms with E-state index in [9.17, 15) is 13.2 Å². The Labute approximate surface area is 99.4 Å².